The average Bonchev–Trinajstić information content (AvgIpc) is 1.38. The predicted molar refractivity (Wildman–Crippen MR) is 26.5 cm³/mol. The van der Waals surface area contributed by atoms with E-state index in [1.807, 2.05) is 0 Å². The van der Waals surface area contributed by atoms with E-state index in [0.717, 1.165) is 0 Å². The summed E-state index contributed by atoms with van der Waals surface area (Å²) >= 11 is 1.78. The van der Waals surface area contributed by atoms with E-state index in [-0.39, 0.29) is 4.43 Å². The maximum Gasteiger partial charge on any atom is 0.313 e. The molecule has 0 aliphatic carbocycles. The van der Waals surface area contributed by atoms with Gasteiger partial charge in [0, 0.05) is 0 Å². The van der Waals surface area contributed by atoms with Crippen LogP contribution in [0.3, 0.4) is 0 Å². The number of carbonyl (C=O) groups is 1. The molecule has 0 aliphatic heterocycles. The van der Waals surface area contributed by atoms with Crippen LogP contribution < -0.4 is 0 Å². The van der Waals surface area contributed by atoms with E-state index in [9.17, 15) is 4.79 Å². The molecule has 1 N–H and O–H groups in total. The number of aliphatic carboxylic acids is 1. The molecular weight excluding hydrogens is 184 g/mol. The van der Waals surface area contributed by atoms with Gasteiger partial charge in [-0.25, -0.2) is 0 Å². The van der Waals surface area contributed by atoms with Crippen molar-refractivity contribution in [3.05, 3.63) is 0 Å². The molecule has 0 saturated heterocycles. The number of halogens is 1. The molecule has 0 unspecified atom stereocenters. The van der Waals surface area contributed by atoms with Crippen LogP contribution in [0.25, 0.3) is 0 Å². The smallest absolute Gasteiger partial charge is 0.313 e. The highest BCUT2D eigenvalue weighted by Gasteiger charge is 1.82. The number of alkyl halides is 1. The third kappa shape index (κ3) is 4.20. The van der Waals surface area contributed by atoms with Crippen molar-refractivity contribution in [2.24, 2.45) is 0 Å². The van der Waals surface area contributed by atoms with Gasteiger partial charge in [0.25, 0.3) is 0 Å². The Kier molecular flexibility index (Phi) is 2.54. The van der Waals surface area contributed by atoms with Crippen molar-refractivity contribution in [2.45, 2.75) is 0 Å². The van der Waals surface area contributed by atoms with Gasteiger partial charge < -0.3 is 5.11 Å². The molecule has 2 nitrogen and oxygen atoms in total. The number of rotatable bonds is 1. The highest BCUT2D eigenvalue weighted by Crippen LogP contribution is 1.75. The summed E-state index contributed by atoms with van der Waals surface area (Å²) in [7, 11) is 0. The van der Waals surface area contributed by atoms with E-state index < -0.39 is 5.97 Å². The molecule has 0 bridgehead atoms. The van der Waals surface area contributed by atoms with Crippen LogP contribution in [0.4, 0.5) is 0 Å². The molecule has 0 aromatic heterocycles. The fraction of sp³-hybridized carbons (Fsp3) is 0.500. The molecule has 0 amide bonds. The van der Waals surface area contributed by atoms with Crippen LogP contribution in [0, 0.1) is 0 Å². The van der Waals surface area contributed by atoms with Gasteiger partial charge in [0.1, 0.15) is 0 Å². The summed E-state index contributed by atoms with van der Waals surface area (Å²) in [6, 6.07) is 0. The Morgan fingerprint density at radius 2 is 2.20 bits per heavy atom. The second-order valence-electron chi connectivity index (χ2n) is 0.527. The summed E-state index contributed by atoms with van der Waals surface area (Å²) in [5, 5.41) is 7.71. The van der Waals surface area contributed by atoms with E-state index in [1.54, 1.807) is 22.6 Å². The van der Waals surface area contributed by atoms with Gasteiger partial charge in [-0.3, -0.25) is 4.79 Å². The fourth-order valence-electron chi connectivity index (χ4n) is 0. The van der Waals surface area contributed by atoms with Crippen LogP contribution >= 0.6 is 22.6 Å². The first-order valence-corrected chi connectivity index (χ1v) is 2.57. The summed E-state index contributed by atoms with van der Waals surface area (Å²) in [4.78, 5) is 9.36. The lowest BCUT2D eigenvalue weighted by Gasteiger charge is -1.70. The van der Waals surface area contributed by atoms with Crippen molar-refractivity contribution in [2.75, 3.05) is 4.43 Å². The Morgan fingerprint density at radius 3 is 2.20 bits per heavy atom. The fourth-order valence-corrected chi connectivity index (χ4v) is 0. The van der Waals surface area contributed by atoms with Crippen molar-refractivity contribution >= 4 is 28.6 Å². The van der Waals surface area contributed by atoms with Gasteiger partial charge in [-0.1, -0.05) is 22.6 Å². The summed E-state index contributed by atoms with van der Waals surface area (Å²) in [6.07, 6.45) is 0. The number of hydrogen-bond acceptors (Lipinski definition) is 1. The first kappa shape index (κ1) is 5.20. The van der Waals surface area contributed by atoms with E-state index >= 15 is 0 Å². The number of hydrogen-bond donors (Lipinski definition) is 1. The molecule has 0 fully saturated rings. The van der Waals surface area contributed by atoms with Crippen molar-refractivity contribution < 1.29 is 9.90 Å². The van der Waals surface area contributed by atoms with Crippen LogP contribution in [0.1, 0.15) is 0 Å². The minimum Gasteiger partial charge on any atom is -0.481 e. The minimum atomic E-state index is -0.759. The Balaban J connectivity index is 2.85. The first-order valence-electron chi connectivity index (χ1n) is 1.05. The molecule has 0 aliphatic rings. The first-order chi connectivity index (χ1) is 2.27. The van der Waals surface area contributed by atoms with Crippen LogP contribution in [-0.2, 0) is 4.79 Å². The van der Waals surface area contributed by atoms with E-state index in [2.05, 4.69) is 0 Å². The molecule has 0 radical (unpaired) electrons. The van der Waals surface area contributed by atoms with Crippen LogP contribution in [0.5, 0.6) is 0 Å². The highest BCUT2D eigenvalue weighted by atomic mass is 127. The van der Waals surface area contributed by atoms with E-state index in [0.29, 0.717) is 0 Å². The summed E-state index contributed by atoms with van der Waals surface area (Å²) in [6.45, 7) is 0. The van der Waals surface area contributed by atoms with Crippen molar-refractivity contribution in [1.29, 1.82) is 0 Å². The lowest BCUT2D eigenvalue weighted by molar-refractivity contribution is -0.133. The molecule has 0 aromatic rings. The predicted octanol–water partition coefficient (Wildman–Crippen LogP) is 0.506. The zero-order chi connectivity index (χ0) is 4.28. The SMILES string of the molecule is O=C(O)[13CH2]I. The zero-order valence-electron chi connectivity index (χ0n) is 2.44. The average molecular weight is 187 g/mol. The van der Waals surface area contributed by atoms with E-state index in [1.165, 1.54) is 0 Å². The van der Waals surface area contributed by atoms with Crippen molar-refractivity contribution in [1.82, 2.24) is 0 Å². The number of carboxylic acids is 1. The summed E-state index contributed by atoms with van der Waals surface area (Å²) in [5.41, 5.74) is 0. The number of carboxylic acid groups (broad SMARTS) is 1. The standard InChI is InChI=1S/C2H3IO2/c3-1-2(4)5/h1H2,(H,4,5)/i1+1. The molecule has 0 atom stereocenters. The lowest BCUT2D eigenvalue weighted by atomic mass is 11.2. The van der Waals surface area contributed by atoms with Crippen LogP contribution in [0.15, 0.2) is 0 Å². The maximum atomic E-state index is 9.36. The van der Waals surface area contributed by atoms with E-state index in [4.69, 9.17) is 5.11 Å². The third-order valence-electron chi connectivity index (χ3n) is 0.114. The van der Waals surface area contributed by atoms with Gasteiger partial charge in [0.05, 0.1) is 4.43 Å². The van der Waals surface area contributed by atoms with Crippen LogP contribution in [0.2, 0.25) is 0 Å². The highest BCUT2D eigenvalue weighted by molar-refractivity contribution is 14.1. The molecule has 3 heteroatoms. The minimum absolute atomic E-state index is 0.192. The summed E-state index contributed by atoms with van der Waals surface area (Å²) in [5.74, 6) is -0.759. The van der Waals surface area contributed by atoms with Gasteiger partial charge in [0.15, 0.2) is 0 Å². The molecule has 0 aromatic carbocycles. The summed E-state index contributed by atoms with van der Waals surface area (Å²) < 4.78 is 0.192. The monoisotopic (exact) mass is 187 g/mol. The molecular formula is C2H3IO2. The Hall–Kier alpha value is 0.200. The molecule has 0 rings (SSSR count). The quantitative estimate of drug-likeness (QED) is 0.368. The third-order valence-corrected chi connectivity index (χ3v) is 0.767. The molecule has 0 saturated carbocycles. The van der Waals surface area contributed by atoms with Crippen molar-refractivity contribution in [3.8, 4) is 0 Å². The molecule has 30 valence electrons. The Bertz CT molecular complexity index is 42.9. The van der Waals surface area contributed by atoms with Gasteiger partial charge in [-0.2, -0.15) is 0 Å². The van der Waals surface area contributed by atoms with Gasteiger partial charge in [0.2, 0.25) is 0 Å². The van der Waals surface area contributed by atoms with Gasteiger partial charge in [-0.05, 0) is 0 Å². The second-order valence-corrected chi connectivity index (χ2v) is 1.29. The Morgan fingerprint density at radius 1 is 2.00 bits per heavy atom. The molecule has 0 spiro atoms. The molecule has 5 heavy (non-hydrogen) atoms. The van der Waals surface area contributed by atoms with Gasteiger partial charge in [-0.15, -0.1) is 0 Å². The lowest BCUT2D eigenvalue weighted by Crippen LogP contribution is -1.91. The zero-order valence-corrected chi connectivity index (χ0v) is 4.60. The van der Waals surface area contributed by atoms with Crippen LogP contribution in [-0.4, -0.2) is 15.5 Å². The maximum absolute atomic E-state index is 9.36. The normalized spacial score (nSPS) is 7.40. The van der Waals surface area contributed by atoms with Gasteiger partial charge >= 0.3 is 5.97 Å². The topological polar surface area (TPSA) is 37.3 Å². The second kappa shape index (κ2) is 2.44. The van der Waals surface area contributed by atoms with Crippen molar-refractivity contribution in [3.63, 3.8) is 0 Å². The Labute approximate surface area is 43.3 Å². The molecule has 0 heterocycles. The largest absolute Gasteiger partial charge is 0.481 e.